The van der Waals surface area contributed by atoms with Gasteiger partial charge in [-0.2, -0.15) is 0 Å². The molecule has 0 saturated carbocycles. The van der Waals surface area contributed by atoms with Gasteiger partial charge in [0.2, 0.25) is 0 Å². The van der Waals surface area contributed by atoms with Crippen LogP contribution in [0.1, 0.15) is 49.7 Å². The first-order valence-corrected chi connectivity index (χ1v) is 8.68. The molecule has 1 fully saturated rings. The molecule has 1 aromatic heterocycles. The SMILES string of the molecule is CC(C)c1csc(CCNC(=O)N2CCCC[C@@H]2CN)n1. The molecule has 0 radical (unpaired) electrons. The van der Waals surface area contributed by atoms with Crippen molar-refractivity contribution >= 4 is 17.4 Å². The van der Waals surface area contributed by atoms with Crippen LogP contribution in [0.5, 0.6) is 0 Å². The maximum Gasteiger partial charge on any atom is 0.317 e. The summed E-state index contributed by atoms with van der Waals surface area (Å²) < 4.78 is 0. The standard InChI is InChI=1S/C15H26N4OS/c1-11(2)13-10-21-14(18-13)6-7-17-15(20)19-8-4-3-5-12(19)9-16/h10-12H,3-9,16H2,1-2H3,(H,17,20)/t12-/m1/s1. The first-order chi connectivity index (χ1) is 10.1. The van der Waals surface area contributed by atoms with Gasteiger partial charge < -0.3 is 16.0 Å². The van der Waals surface area contributed by atoms with Crippen LogP contribution in [0, 0.1) is 0 Å². The molecule has 21 heavy (non-hydrogen) atoms. The van der Waals surface area contributed by atoms with Gasteiger partial charge in [-0.25, -0.2) is 9.78 Å². The number of nitrogens with one attached hydrogen (secondary N) is 1. The minimum absolute atomic E-state index is 0.0192. The lowest BCUT2D eigenvalue weighted by Gasteiger charge is -2.34. The largest absolute Gasteiger partial charge is 0.338 e. The molecular weight excluding hydrogens is 284 g/mol. The maximum absolute atomic E-state index is 12.2. The predicted molar refractivity (Wildman–Crippen MR) is 86.7 cm³/mol. The summed E-state index contributed by atoms with van der Waals surface area (Å²) in [5, 5.41) is 6.20. The van der Waals surface area contributed by atoms with Gasteiger partial charge in [-0.15, -0.1) is 11.3 Å². The Bertz CT molecular complexity index is 460. The van der Waals surface area contributed by atoms with Crippen molar-refractivity contribution in [3.05, 3.63) is 16.1 Å². The van der Waals surface area contributed by atoms with Gasteiger partial charge in [-0.05, 0) is 25.2 Å². The van der Waals surface area contributed by atoms with Crippen LogP contribution in [0.3, 0.4) is 0 Å². The lowest BCUT2D eigenvalue weighted by molar-refractivity contribution is 0.154. The van der Waals surface area contributed by atoms with E-state index in [0.29, 0.717) is 19.0 Å². The Morgan fingerprint density at radius 1 is 1.57 bits per heavy atom. The molecule has 0 aromatic carbocycles. The lowest BCUT2D eigenvalue weighted by atomic mass is 10.0. The Labute approximate surface area is 130 Å². The van der Waals surface area contributed by atoms with E-state index in [0.717, 1.165) is 36.5 Å². The van der Waals surface area contributed by atoms with E-state index in [1.165, 1.54) is 6.42 Å². The van der Waals surface area contributed by atoms with Crippen LogP contribution >= 0.6 is 11.3 Å². The summed E-state index contributed by atoms with van der Waals surface area (Å²) in [7, 11) is 0. The third-order valence-corrected chi connectivity index (χ3v) is 4.86. The zero-order valence-electron chi connectivity index (χ0n) is 13.0. The molecule has 1 saturated heterocycles. The minimum Gasteiger partial charge on any atom is -0.338 e. The number of piperidine rings is 1. The number of hydrogen-bond acceptors (Lipinski definition) is 4. The topological polar surface area (TPSA) is 71.2 Å². The second kappa shape index (κ2) is 7.75. The number of nitrogens with zero attached hydrogens (tertiary/aromatic N) is 2. The molecule has 2 amide bonds. The summed E-state index contributed by atoms with van der Waals surface area (Å²) in [5.74, 6) is 0.461. The molecule has 0 aliphatic carbocycles. The summed E-state index contributed by atoms with van der Waals surface area (Å²) in [6.45, 7) is 6.30. The molecular formula is C15H26N4OS. The van der Waals surface area contributed by atoms with Crippen LogP contribution < -0.4 is 11.1 Å². The Balaban J connectivity index is 1.77. The van der Waals surface area contributed by atoms with Crippen molar-refractivity contribution < 1.29 is 4.79 Å². The van der Waals surface area contributed by atoms with Crippen LogP contribution in [-0.4, -0.2) is 41.6 Å². The van der Waals surface area contributed by atoms with Crippen molar-refractivity contribution in [1.82, 2.24) is 15.2 Å². The number of carbonyl (C=O) groups is 1. The Kier molecular flexibility index (Phi) is 5.99. The van der Waals surface area contributed by atoms with Crippen molar-refractivity contribution in [3.63, 3.8) is 0 Å². The number of amides is 2. The summed E-state index contributed by atoms with van der Waals surface area (Å²) in [4.78, 5) is 18.7. The second-order valence-electron chi connectivity index (χ2n) is 5.88. The molecule has 1 aliphatic rings. The lowest BCUT2D eigenvalue weighted by Crippen LogP contribution is -2.51. The van der Waals surface area contributed by atoms with Gasteiger partial charge in [0.05, 0.1) is 10.7 Å². The first-order valence-electron chi connectivity index (χ1n) is 7.80. The van der Waals surface area contributed by atoms with Gasteiger partial charge in [0.1, 0.15) is 0 Å². The van der Waals surface area contributed by atoms with E-state index < -0.39 is 0 Å². The van der Waals surface area contributed by atoms with Gasteiger partial charge in [0.25, 0.3) is 0 Å². The summed E-state index contributed by atoms with van der Waals surface area (Å²) >= 11 is 1.67. The summed E-state index contributed by atoms with van der Waals surface area (Å²) in [6, 6.07) is 0.219. The Morgan fingerprint density at radius 3 is 3.05 bits per heavy atom. The van der Waals surface area contributed by atoms with Crippen molar-refractivity contribution in [1.29, 1.82) is 0 Å². The van der Waals surface area contributed by atoms with Gasteiger partial charge in [0, 0.05) is 37.5 Å². The highest BCUT2D eigenvalue weighted by molar-refractivity contribution is 7.09. The minimum atomic E-state index is 0.0192. The van der Waals surface area contributed by atoms with Crippen molar-refractivity contribution in [2.75, 3.05) is 19.6 Å². The quantitative estimate of drug-likeness (QED) is 0.877. The maximum atomic E-state index is 12.2. The Morgan fingerprint density at radius 2 is 2.38 bits per heavy atom. The van der Waals surface area contributed by atoms with Crippen LogP contribution in [0.15, 0.2) is 5.38 Å². The van der Waals surface area contributed by atoms with Gasteiger partial charge in [-0.3, -0.25) is 0 Å². The van der Waals surface area contributed by atoms with E-state index in [2.05, 4.69) is 29.5 Å². The van der Waals surface area contributed by atoms with E-state index in [1.807, 2.05) is 4.90 Å². The molecule has 6 heteroatoms. The fourth-order valence-electron chi connectivity index (χ4n) is 2.60. The molecule has 3 N–H and O–H groups in total. The molecule has 0 spiro atoms. The van der Waals surface area contributed by atoms with E-state index in [-0.39, 0.29) is 12.1 Å². The van der Waals surface area contributed by atoms with E-state index in [9.17, 15) is 4.79 Å². The Hall–Kier alpha value is -1.14. The summed E-state index contributed by atoms with van der Waals surface area (Å²) in [6.07, 6.45) is 4.06. The second-order valence-corrected chi connectivity index (χ2v) is 6.82. The molecule has 1 aromatic rings. The van der Waals surface area contributed by atoms with Crippen LogP contribution in [-0.2, 0) is 6.42 Å². The molecule has 0 bridgehead atoms. The smallest absolute Gasteiger partial charge is 0.317 e. The number of likely N-dealkylation sites (tertiary alicyclic amines) is 1. The molecule has 2 heterocycles. The molecule has 1 aliphatic heterocycles. The third kappa shape index (κ3) is 4.41. The number of aromatic nitrogens is 1. The van der Waals surface area contributed by atoms with Gasteiger partial charge in [-0.1, -0.05) is 13.8 Å². The molecule has 0 unspecified atom stereocenters. The van der Waals surface area contributed by atoms with Crippen LogP contribution in [0.2, 0.25) is 0 Å². The zero-order valence-corrected chi connectivity index (χ0v) is 13.8. The zero-order chi connectivity index (χ0) is 15.2. The molecule has 118 valence electrons. The van der Waals surface area contributed by atoms with E-state index >= 15 is 0 Å². The average molecular weight is 310 g/mol. The number of nitrogens with two attached hydrogens (primary N) is 1. The first kappa shape index (κ1) is 16.2. The van der Waals surface area contributed by atoms with Crippen LogP contribution in [0.4, 0.5) is 4.79 Å². The molecule has 1 atom stereocenters. The van der Waals surface area contributed by atoms with Gasteiger partial charge >= 0.3 is 6.03 Å². The number of hydrogen-bond donors (Lipinski definition) is 2. The van der Waals surface area contributed by atoms with E-state index in [1.54, 1.807) is 11.3 Å². The highest BCUT2D eigenvalue weighted by Crippen LogP contribution is 2.18. The van der Waals surface area contributed by atoms with Crippen molar-refractivity contribution in [3.8, 4) is 0 Å². The fourth-order valence-corrected chi connectivity index (χ4v) is 3.56. The predicted octanol–water partition coefficient (Wildman–Crippen LogP) is 2.33. The fraction of sp³-hybridized carbons (Fsp3) is 0.733. The number of thiazole rings is 1. The summed E-state index contributed by atoms with van der Waals surface area (Å²) in [5.41, 5.74) is 6.89. The van der Waals surface area contributed by atoms with Gasteiger partial charge in [0.15, 0.2) is 0 Å². The average Bonchev–Trinajstić information content (AvgIpc) is 2.96. The van der Waals surface area contributed by atoms with E-state index in [4.69, 9.17) is 5.73 Å². The highest BCUT2D eigenvalue weighted by Gasteiger charge is 2.25. The number of urea groups is 1. The third-order valence-electron chi connectivity index (χ3n) is 3.94. The molecule has 5 nitrogen and oxygen atoms in total. The van der Waals surface area contributed by atoms with Crippen molar-refractivity contribution in [2.24, 2.45) is 5.73 Å². The normalized spacial score (nSPS) is 19.0. The van der Waals surface area contributed by atoms with Crippen molar-refractivity contribution in [2.45, 2.75) is 51.5 Å². The number of carbonyl (C=O) groups excluding carboxylic acids is 1. The molecule has 2 rings (SSSR count). The highest BCUT2D eigenvalue weighted by atomic mass is 32.1. The van der Waals surface area contributed by atoms with Crippen LogP contribution in [0.25, 0.3) is 0 Å². The number of rotatable bonds is 5. The monoisotopic (exact) mass is 310 g/mol.